The lowest BCUT2D eigenvalue weighted by molar-refractivity contribution is -0.150. The molecule has 0 fully saturated rings. The summed E-state index contributed by atoms with van der Waals surface area (Å²) < 4.78 is 23.3. The molecular weight excluding hydrogens is 239 g/mol. The molecule has 1 atom stereocenters. The van der Waals surface area contributed by atoms with Gasteiger partial charge in [0.1, 0.15) is 11.6 Å². The summed E-state index contributed by atoms with van der Waals surface area (Å²) >= 11 is 0. The molecule has 0 spiro atoms. The van der Waals surface area contributed by atoms with Crippen LogP contribution in [0.1, 0.15) is 18.9 Å². The first-order chi connectivity index (χ1) is 8.54. The number of hydrogen-bond acceptors (Lipinski definition) is 3. The van der Waals surface area contributed by atoms with Gasteiger partial charge in [0.2, 0.25) is 0 Å². The van der Waals surface area contributed by atoms with Gasteiger partial charge in [0, 0.05) is 13.0 Å². The van der Waals surface area contributed by atoms with Gasteiger partial charge in [-0.05, 0) is 37.6 Å². The van der Waals surface area contributed by atoms with E-state index in [0.29, 0.717) is 17.9 Å². The predicted molar refractivity (Wildman–Crippen MR) is 64.3 cm³/mol. The van der Waals surface area contributed by atoms with Crippen LogP contribution in [0.25, 0.3) is 0 Å². The Morgan fingerprint density at radius 3 is 2.78 bits per heavy atom. The molecule has 0 aliphatic rings. The van der Waals surface area contributed by atoms with Crippen LogP contribution in [0.3, 0.4) is 0 Å². The van der Waals surface area contributed by atoms with Crippen LogP contribution in [-0.2, 0) is 9.53 Å². The van der Waals surface area contributed by atoms with E-state index in [4.69, 9.17) is 14.6 Å². The Labute approximate surface area is 105 Å². The number of halogens is 1. The Morgan fingerprint density at radius 2 is 2.22 bits per heavy atom. The lowest BCUT2D eigenvalue weighted by Crippen LogP contribution is -2.26. The molecule has 1 N–H and O–H groups in total. The summed E-state index contributed by atoms with van der Waals surface area (Å²) in [5, 5.41) is 8.86. The van der Waals surface area contributed by atoms with Gasteiger partial charge in [-0.1, -0.05) is 0 Å². The van der Waals surface area contributed by atoms with Crippen molar-refractivity contribution in [2.24, 2.45) is 0 Å². The molecule has 0 heterocycles. The largest absolute Gasteiger partial charge is 0.493 e. The lowest BCUT2D eigenvalue weighted by Gasteiger charge is -2.14. The Bertz CT molecular complexity index is 406. The summed E-state index contributed by atoms with van der Waals surface area (Å²) in [7, 11) is 0. The second kappa shape index (κ2) is 6.96. The van der Waals surface area contributed by atoms with E-state index >= 15 is 0 Å². The highest BCUT2D eigenvalue weighted by molar-refractivity contribution is 5.72. The fourth-order valence-electron chi connectivity index (χ4n) is 1.53. The van der Waals surface area contributed by atoms with Crippen LogP contribution in [0.4, 0.5) is 4.39 Å². The summed E-state index contributed by atoms with van der Waals surface area (Å²) in [6.07, 6.45) is -0.615. The molecule has 0 aromatic heterocycles. The van der Waals surface area contributed by atoms with E-state index in [-0.39, 0.29) is 18.8 Å². The van der Waals surface area contributed by atoms with Crippen LogP contribution in [0.2, 0.25) is 0 Å². The van der Waals surface area contributed by atoms with Crippen molar-refractivity contribution in [2.45, 2.75) is 26.4 Å². The van der Waals surface area contributed by atoms with Gasteiger partial charge in [-0.2, -0.15) is 0 Å². The van der Waals surface area contributed by atoms with Crippen LogP contribution in [0.5, 0.6) is 5.75 Å². The highest BCUT2D eigenvalue weighted by Gasteiger charge is 2.17. The van der Waals surface area contributed by atoms with E-state index < -0.39 is 12.1 Å². The van der Waals surface area contributed by atoms with Crippen molar-refractivity contribution in [1.29, 1.82) is 0 Å². The number of carbonyl (C=O) groups is 1. The molecule has 1 aromatic rings. The first-order valence-corrected chi connectivity index (χ1v) is 5.78. The molecule has 1 unspecified atom stereocenters. The molecule has 0 amide bonds. The molecule has 1 aromatic carbocycles. The highest BCUT2D eigenvalue weighted by atomic mass is 19.1. The molecule has 0 saturated carbocycles. The van der Waals surface area contributed by atoms with Crippen molar-refractivity contribution in [3.63, 3.8) is 0 Å². The second-order valence-electron chi connectivity index (χ2n) is 3.83. The highest BCUT2D eigenvalue weighted by Crippen LogP contribution is 2.18. The monoisotopic (exact) mass is 256 g/mol. The molecule has 1 rings (SSSR count). The smallest absolute Gasteiger partial charge is 0.332 e. The fraction of sp³-hybridized carbons (Fsp3) is 0.462. The Hall–Kier alpha value is -1.62. The van der Waals surface area contributed by atoms with Gasteiger partial charge in [0.25, 0.3) is 0 Å². The molecule has 5 heteroatoms. The number of hydrogen-bond donors (Lipinski definition) is 1. The molecule has 100 valence electrons. The zero-order valence-electron chi connectivity index (χ0n) is 10.5. The molecular formula is C13H17FO4. The van der Waals surface area contributed by atoms with Crippen LogP contribution < -0.4 is 4.74 Å². The van der Waals surface area contributed by atoms with Crippen molar-refractivity contribution in [2.75, 3.05) is 13.2 Å². The van der Waals surface area contributed by atoms with Gasteiger partial charge in [-0.25, -0.2) is 9.18 Å². The lowest BCUT2D eigenvalue weighted by atomic mass is 10.2. The number of aliphatic carboxylic acids is 1. The molecule has 0 aliphatic carbocycles. The topological polar surface area (TPSA) is 55.8 Å². The normalized spacial score (nSPS) is 12.2. The van der Waals surface area contributed by atoms with E-state index in [2.05, 4.69) is 0 Å². The summed E-state index contributed by atoms with van der Waals surface area (Å²) in [5.41, 5.74) is 0.679. The van der Waals surface area contributed by atoms with Gasteiger partial charge in [-0.3, -0.25) is 0 Å². The van der Waals surface area contributed by atoms with Gasteiger partial charge in [0.05, 0.1) is 6.61 Å². The minimum absolute atomic E-state index is 0.212. The van der Waals surface area contributed by atoms with E-state index in [0.717, 1.165) is 0 Å². The summed E-state index contributed by atoms with van der Waals surface area (Å²) in [6, 6.07) is 4.20. The third kappa shape index (κ3) is 4.33. The van der Waals surface area contributed by atoms with Crippen molar-refractivity contribution in [3.8, 4) is 5.75 Å². The average molecular weight is 256 g/mol. The summed E-state index contributed by atoms with van der Waals surface area (Å²) in [5.74, 6) is -0.772. The molecule has 0 aliphatic heterocycles. The average Bonchev–Trinajstić information content (AvgIpc) is 2.30. The van der Waals surface area contributed by atoms with Crippen LogP contribution in [0.15, 0.2) is 18.2 Å². The van der Waals surface area contributed by atoms with Crippen molar-refractivity contribution in [3.05, 3.63) is 29.6 Å². The first-order valence-electron chi connectivity index (χ1n) is 5.78. The maximum atomic E-state index is 12.9. The van der Waals surface area contributed by atoms with Crippen molar-refractivity contribution < 1.29 is 23.8 Å². The Balaban J connectivity index is 2.47. The predicted octanol–water partition coefficient (Wildman–Crippen LogP) is 2.39. The fourth-order valence-corrected chi connectivity index (χ4v) is 1.53. The second-order valence-corrected chi connectivity index (χ2v) is 3.83. The minimum Gasteiger partial charge on any atom is -0.493 e. The molecule has 0 saturated heterocycles. The zero-order chi connectivity index (χ0) is 13.5. The van der Waals surface area contributed by atoms with Crippen molar-refractivity contribution in [1.82, 2.24) is 0 Å². The van der Waals surface area contributed by atoms with Crippen molar-refractivity contribution >= 4 is 5.97 Å². The number of aryl methyl sites for hydroxylation is 1. The number of rotatable bonds is 7. The Morgan fingerprint density at radius 1 is 1.50 bits per heavy atom. The molecule has 4 nitrogen and oxygen atoms in total. The van der Waals surface area contributed by atoms with Gasteiger partial charge < -0.3 is 14.6 Å². The van der Waals surface area contributed by atoms with E-state index in [1.807, 2.05) is 0 Å². The third-order valence-electron chi connectivity index (χ3n) is 2.42. The van der Waals surface area contributed by atoms with Gasteiger partial charge in [-0.15, -0.1) is 0 Å². The van der Waals surface area contributed by atoms with Gasteiger partial charge in [0.15, 0.2) is 6.10 Å². The number of carboxylic acids is 1. The number of carboxylic acid groups (broad SMARTS) is 1. The Kier molecular flexibility index (Phi) is 5.58. The van der Waals surface area contributed by atoms with E-state index in [1.165, 1.54) is 18.2 Å². The first kappa shape index (κ1) is 14.4. The SMILES string of the molecule is CCOC(CCOc1ccc(F)cc1C)C(=O)O. The third-order valence-corrected chi connectivity index (χ3v) is 2.42. The summed E-state index contributed by atoms with van der Waals surface area (Å²) in [6.45, 7) is 4.02. The number of benzene rings is 1. The standard InChI is InChI=1S/C13H17FO4/c1-3-17-12(13(15)16)6-7-18-11-5-4-10(14)8-9(11)2/h4-5,8,12H,3,6-7H2,1-2H3,(H,15,16). The minimum atomic E-state index is -1.00. The van der Waals surface area contributed by atoms with Crippen LogP contribution in [-0.4, -0.2) is 30.4 Å². The number of ether oxygens (including phenoxy) is 2. The van der Waals surface area contributed by atoms with Gasteiger partial charge >= 0.3 is 5.97 Å². The molecule has 0 radical (unpaired) electrons. The zero-order valence-corrected chi connectivity index (χ0v) is 10.5. The molecule has 0 bridgehead atoms. The quantitative estimate of drug-likeness (QED) is 0.813. The molecule has 18 heavy (non-hydrogen) atoms. The van der Waals surface area contributed by atoms with Crippen LogP contribution in [0, 0.1) is 12.7 Å². The summed E-state index contributed by atoms with van der Waals surface area (Å²) in [4.78, 5) is 10.8. The van der Waals surface area contributed by atoms with Crippen LogP contribution >= 0.6 is 0 Å². The maximum absolute atomic E-state index is 12.9. The van der Waals surface area contributed by atoms with E-state index in [1.54, 1.807) is 13.8 Å². The maximum Gasteiger partial charge on any atom is 0.332 e. The van der Waals surface area contributed by atoms with E-state index in [9.17, 15) is 9.18 Å².